The van der Waals surface area contributed by atoms with Gasteiger partial charge in [-0.1, -0.05) is 23.5 Å². The fraction of sp³-hybridized carbons (Fsp3) is 0.412. The summed E-state index contributed by atoms with van der Waals surface area (Å²) in [7, 11) is 1.68. The molecule has 6 nitrogen and oxygen atoms in total. The monoisotopic (exact) mass is 345 g/mol. The van der Waals surface area contributed by atoms with E-state index in [0.717, 1.165) is 34.2 Å². The topological polar surface area (TPSA) is 64.1 Å². The van der Waals surface area contributed by atoms with E-state index in [2.05, 4.69) is 22.2 Å². The van der Waals surface area contributed by atoms with Crippen LogP contribution >= 0.6 is 11.3 Å². The summed E-state index contributed by atoms with van der Waals surface area (Å²) in [6.07, 6.45) is 5.20. The summed E-state index contributed by atoms with van der Waals surface area (Å²) in [4.78, 5) is 7.37. The second kappa shape index (κ2) is 6.41. The number of quaternary nitrogens is 1. The quantitative estimate of drug-likeness (QED) is 0.755. The highest BCUT2D eigenvalue weighted by Crippen LogP contribution is 2.35. The normalized spacial score (nSPS) is 17.2. The van der Waals surface area contributed by atoms with Crippen LogP contribution in [0.25, 0.3) is 4.96 Å². The minimum atomic E-state index is 0.0777. The first-order valence-electron chi connectivity index (χ1n) is 8.28. The number of aromatic nitrogens is 3. The van der Waals surface area contributed by atoms with Crippen LogP contribution in [-0.4, -0.2) is 39.9 Å². The van der Waals surface area contributed by atoms with E-state index < -0.39 is 0 Å². The number of ether oxygens (including phenoxy) is 1. The summed E-state index contributed by atoms with van der Waals surface area (Å²) in [5.74, 6) is 1.05. The first-order chi connectivity index (χ1) is 11.8. The third-order valence-corrected chi connectivity index (χ3v) is 5.83. The number of methoxy groups -OCH3 is 1. The molecule has 7 heteroatoms. The zero-order valence-electron chi connectivity index (χ0n) is 13.6. The molecule has 0 unspecified atom stereocenters. The molecule has 1 aromatic carbocycles. The largest absolute Gasteiger partial charge is 0.497 e. The number of likely N-dealkylation sites (tertiary alicyclic amines) is 1. The van der Waals surface area contributed by atoms with E-state index in [1.807, 2.05) is 12.1 Å². The molecule has 0 radical (unpaired) electrons. The third-order valence-electron chi connectivity index (χ3n) is 4.73. The second-order valence-corrected chi connectivity index (χ2v) is 7.18. The Balaban J connectivity index is 1.82. The number of hydrogen-bond acceptors (Lipinski definition) is 5. The molecule has 1 atom stereocenters. The van der Waals surface area contributed by atoms with E-state index in [9.17, 15) is 5.11 Å². The minimum Gasteiger partial charge on any atom is -0.497 e. The maximum atomic E-state index is 10.7. The van der Waals surface area contributed by atoms with E-state index in [-0.39, 0.29) is 11.9 Å². The lowest BCUT2D eigenvalue weighted by Gasteiger charge is -2.31. The van der Waals surface area contributed by atoms with Gasteiger partial charge in [0.05, 0.1) is 20.2 Å². The molecule has 126 valence electrons. The smallest absolute Gasteiger partial charge is 0.235 e. The highest BCUT2D eigenvalue weighted by molar-refractivity contribution is 7.17. The molecule has 4 rings (SSSR count). The molecule has 2 aromatic heterocycles. The Morgan fingerprint density at radius 3 is 2.88 bits per heavy atom. The van der Waals surface area contributed by atoms with E-state index >= 15 is 0 Å². The molecule has 1 aliphatic rings. The van der Waals surface area contributed by atoms with Crippen molar-refractivity contribution in [2.75, 3.05) is 20.2 Å². The first-order valence-corrected chi connectivity index (χ1v) is 9.09. The van der Waals surface area contributed by atoms with Gasteiger partial charge in [0.1, 0.15) is 17.0 Å². The average Bonchev–Trinajstić information content (AvgIpc) is 3.20. The van der Waals surface area contributed by atoms with Crippen molar-refractivity contribution < 1.29 is 14.7 Å². The van der Waals surface area contributed by atoms with Crippen LogP contribution in [0.2, 0.25) is 0 Å². The molecule has 1 fully saturated rings. The number of benzene rings is 1. The van der Waals surface area contributed by atoms with Gasteiger partial charge in [-0.15, -0.1) is 0 Å². The Kier molecular flexibility index (Phi) is 4.12. The summed E-state index contributed by atoms with van der Waals surface area (Å²) in [5, 5.41) is 14.8. The zero-order valence-corrected chi connectivity index (χ0v) is 14.4. The van der Waals surface area contributed by atoms with Crippen molar-refractivity contribution in [2.24, 2.45) is 0 Å². The molecule has 24 heavy (non-hydrogen) atoms. The predicted octanol–water partition coefficient (Wildman–Crippen LogP) is 1.66. The van der Waals surface area contributed by atoms with E-state index in [0.29, 0.717) is 0 Å². The lowest BCUT2D eigenvalue weighted by Crippen LogP contribution is -3.13. The van der Waals surface area contributed by atoms with Gasteiger partial charge in [-0.3, -0.25) is 0 Å². The van der Waals surface area contributed by atoms with Gasteiger partial charge < -0.3 is 14.7 Å². The van der Waals surface area contributed by atoms with Crippen LogP contribution < -0.4 is 9.64 Å². The van der Waals surface area contributed by atoms with Crippen LogP contribution in [0.3, 0.4) is 0 Å². The lowest BCUT2D eigenvalue weighted by molar-refractivity contribution is -0.929. The highest BCUT2D eigenvalue weighted by Gasteiger charge is 2.33. The molecule has 1 saturated heterocycles. The van der Waals surface area contributed by atoms with Crippen molar-refractivity contribution in [1.29, 1.82) is 0 Å². The van der Waals surface area contributed by atoms with Gasteiger partial charge in [0.25, 0.3) is 0 Å². The number of nitrogens with one attached hydrogen (secondary N) is 1. The van der Waals surface area contributed by atoms with Crippen LogP contribution in [0.4, 0.5) is 0 Å². The number of fused-ring (bicyclic) bond motifs is 1. The van der Waals surface area contributed by atoms with Crippen molar-refractivity contribution in [3.63, 3.8) is 0 Å². The molecule has 0 spiro atoms. The van der Waals surface area contributed by atoms with Gasteiger partial charge in [0, 0.05) is 5.56 Å². The summed E-state index contributed by atoms with van der Waals surface area (Å²) in [6, 6.07) is 8.23. The number of nitrogens with zero attached hydrogens (tertiary/aromatic N) is 3. The SMILES string of the molecule is COc1cccc([C@@H](c2sc3ncnn3c2O)[NH+]2CCCCC2)c1. The van der Waals surface area contributed by atoms with Crippen LogP contribution in [0.1, 0.15) is 35.7 Å². The van der Waals surface area contributed by atoms with Crippen molar-refractivity contribution in [2.45, 2.75) is 25.3 Å². The molecule has 2 N–H and O–H groups in total. The van der Waals surface area contributed by atoms with Gasteiger partial charge in [-0.25, -0.2) is 4.98 Å². The fourth-order valence-corrected chi connectivity index (χ4v) is 4.69. The standard InChI is InChI=1S/C17H20N4O2S/c1-23-13-7-5-6-12(10-13)14(20-8-3-2-4-9-20)15-16(22)21-17(24-15)18-11-19-21/h5-7,10-11,14,22H,2-4,8-9H2,1H3/p+1/t14-/m0/s1. The van der Waals surface area contributed by atoms with Gasteiger partial charge >= 0.3 is 0 Å². The second-order valence-electron chi connectivity index (χ2n) is 6.17. The summed E-state index contributed by atoms with van der Waals surface area (Å²) >= 11 is 1.52. The molecule has 0 bridgehead atoms. The van der Waals surface area contributed by atoms with Crippen molar-refractivity contribution >= 4 is 16.3 Å². The van der Waals surface area contributed by atoms with Gasteiger partial charge in [-0.2, -0.15) is 9.61 Å². The molecular weight excluding hydrogens is 324 g/mol. The van der Waals surface area contributed by atoms with Crippen LogP contribution in [-0.2, 0) is 0 Å². The number of aromatic hydroxyl groups is 1. The number of hydrogen-bond donors (Lipinski definition) is 2. The van der Waals surface area contributed by atoms with Crippen molar-refractivity contribution in [1.82, 2.24) is 14.6 Å². The van der Waals surface area contributed by atoms with Gasteiger partial charge in [0.2, 0.25) is 10.8 Å². The van der Waals surface area contributed by atoms with E-state index in [1.54, 1.807) is 7.11 Å². The molecule has 0 aliphatic carbocycles. The molecule has 3 aromatic rings. The summed E-state index contributed by atoms with van der Waals surface area (Å²) in [6.45, 7) is 2.21. The minimum absolute atomic E-state index is 0.0777. The Hall–Kier alpha value is -2.12. The number of piperidine rings is 1. The van der Waals surface area contributed by atoms with Crippen molar-refractivity contribution in [3.05, 3.63) is 41.0 Å². The Morgan fingerprint density at radius 1 is 1.29 bits per heavy atom. The summed E-state index contributed by atoms with van der Waals surface area (Å²) in [5.41, 5.74) is 1.16. The molecule has 3 heterocycles. The van der Waals surface area contributed by atoms with Crippen LogP contribution in [0, 0.1) is 0 Å². The average molecular weight is 345 g/mol. The van der Waals surface area contributed by atoms with Crippen LogP contribution in [0.15, 0.2) is 30.6 Å². The Labute approximate surface area is 144 Å². The van der Waals surface area contributed by atoms with Gasteiger partial charge in [0.15, 0.2) is 6.04 Å². The zero-order chi connectivity index (χ0) is 16.5. The number of thiazole rings is 1. The lowest BCUT2D eigenvalue weighted by atomic mass is 10.00. The Morgan fingerprint density at radius 2 is 2.12 bits per heavy atom. The van der Waals surface area contributed by atoms with E-state index in [4.69, 9.17) is 4.74 Å². The number of rotatable bonds is 4. The highest BCUT2D eigenvalue weighted by atomic mass is 32.1. The molecule has 1 aliphatic heterocycles. The molecule has 0 amide bonds. The first kappa shape index (κ1) is 15.4. The molecule has 0 saturated carbocycles. The fourth-order valence-electron chi connectivity index (χ4n) is 3.57. The predicted molar refractivity (Wildman–Crippen MR) is 91.9 cm³/mol. The maximum absolute atomic E-state index is 10.7. The maximum Gasteiger partial charge on any atom is 0.235 e. The third kappa shape index (κ3) is 2.63. The van der Waals surface area contributed by atoms with Gasteiger partial charge in [-0.05, 0) is 31.4 Å². The Bertz CT molecular complexity index is 838. The van der Waals surface area contributed by atoms with E-state index in [1.165, 1.54) is 46.3 Å². The molecular formula is C17H21N4O2S+. The van der Waals surface area contributed by atoms with Crippen LogP contribution in [0.5, 0.6) is 11.6 Å². The summed E-state index contributed by atoms with van der Waals surface area (Å²) < 4.78 is 6.93. The van der Waals surface area contributed by atoms with Crippen molar-refractivity contribution in [3.8, 4) is 11.6 Å².